The highest BCUT2D eigenvalue weighted by Crippen LogP contribution is 2.41. The van der Waals surface area contributed by atoms with E-state index in [1.165, 1.54) is 63.6 Å². The zero-order chi connectivity index (χ0) is 36.3. The molecule has 11 rings (SSSR count). The van der Waals surface area contributed by atoms with Crippen LogP contribution in [0.1, 0.15) is 0 Å². The Balaban J connectivity index is 1.19. The van der Waals surface area contributed by atoms with Gasteiger partial charge >= 0.3 is 0 Å². The molecule has 0 saturated heterocycles. The van der Waals surface area contributed by atoms with E-state index >= 15 is 0 Å². The van der Waals surface area contributed by atoms with Crippen molar-refractivity contribution in [2.45, 2.75) is 0 Å². The van der Waals surface area contributed by atoms with E-state index in [-0.39, 0.29) is 0 Å². The van der Waals surface area contributed by atoms with Crippen molar-refractivity contribution in [3.05, 3.63) is 194 Å². The molecule has 3 heteroatoms. The second kappa shape index (κ2) is 12.9. The zero-order valence-electron chi connectivity index (χ0n) is 29.8. The number of fused-ring (bicyclic) bond motifs is 7. The van der Waals surface area contributed by atoms with Gasteiger partial charge in [-0.3, -0.25) is 0 Å². The largest absolute Gasteiger partial charge is 0.228 e. The fourth-order valence-electron chi connectivity index (χ4n) is 8.20. The summed E-state index contributed by atoms with van der Waals surface area (Å²) in [5.74, 6) is 0.702. The minimum absolute atomic E-state index is 0.702. The molecule has 0 radical (unpaired) electrons. The van der Waals surface area contributed by atoms with Gasteiger partial charge in [-0.2, -0.15) is 0 Å². The molecule has 2 heterocycles. The maximum absolute atomic E-state index is 5.35. The van der Waals surface area contributed by atoms with E-state index < -0.39 is 0 Å². The van der Waals surface area contributed by atoms with Crippen LogP contribution in [0.15, 0.2) is 194 Å². The van der Waals surface area contributed by atoms with Gasteiger partial charge in [-0.25, -0.2) is 9.97 Å². The number of benzene rings is 9. The first-order valence-electron chi connectivity index (χ1n) is 18.6. The summed E-state index contributed by atoms with van der Waals surface area (Å²) in [4.78, 5) is 10.7. The molecule has 0 spiro atoms. The van der Waals surface area contributed by atoms with Crippen LogP contribution in [0.25, 0.3) is 109 Å². The first-order chi connectivity index (χ1) is 27.2. The van der Waals surface area contributed by atoms with Crippen LogP contribution in [0.2, 0.25) is 0 Å². The molecule has 11 aromatic rings. The molecule has 55 heavy (non-hydrogen) atoms. The number of rotatable bonds is 5. The minimum atomic E-state index is 0.702. The summed E-state index contributed by atoms with van der Waals surface area (Å²) >= 11 is 1.85. The predicted octanol–water partition coefficient (Wildman–Crippen LogP) is 14.6. The molecular weight excluding hydrogens is 685 g/mol. The van der Waals surface area contributed by atoms with Gasteiger partial charge in [-0.15, -0.1) is 11.3 Å². The third-order valence-corrected chi connectivity index (χ3v) is 12.0. The van der Waals surface area contributed by atoms with Crippen LogP contribution in [-0.2, 0) is 0 Å². The van der Waals surface area contributed by atoms with E-state index in [0.717, 1.165) is 39.2 Å². The van der Waals surface area contributed by atoms with Gasteiger partial charge in [0.2, 0.25) is 0 Å². The van der Waals surface area contributed by atoms with Gasteiger partial charge in [0, 0.05) is 36.9 Å². The van der Waals surface area contributed by atoms with Crippen LogP contribution in [0.4, 0.5) is 0 Å². The fraction of sp³-hybridized carbons (Fsp3) is 0. The molecule has 0 unspecified atom stereocenters. The molecule has 0 aliphatic rings. The number of thiophene rings is 1. The van der Waals surface area contributed by atoms with Crippen molar-refractivity contribution in [1.29, 1.82) is 0 Å². The van der Waals surface area contributed by atoms with Crippen molar-refractivity contribution < 1.29 is 0 Å². The Kier molecular flexibility index (Phi) is 7.39. The lowest BCUT2D eigenvalue weighted by Crippen LogP contribution is -1.97. The molecule has 9 aromatic carbocycles. The van der Waals surface area contributed by atoms with E-state index in [2.05, 4.69) is 188 Å². The number of hydrogen-bond donors (Lipinski definition) is 0. The Morgan fingerprint density at radius 3 is 1.80 bits per heavy atom. The summed E-state index contributed by atoms with van der Waals surface area (Å²) in [6, 6.07) is 69.9. The van der Waals surface area contributed by atoms with Crippen LogP contribution >= 0.6 is 11.3 Å². The molecule has 0 atom stereocenters. The summed E-state index contributed by atoms with van der Waals surface area (Å²) in [6.45, 7) is 0. The second-order valence-corrected chi connectivity index (χ2v) is 15.2. The highest BCUT2D eigenvalue weighted by molar-refractivity contribution is 7.25. The van der Waals surface area contributed by atoms with E-state index in [1.807, 2.05) is 17.4 Å². The quantitative estimate of drug-likeness (QED) is 0.166. The molecule has 0 fully saturated rings. The third kappa shape index (κ3) is 5.48. The molecule has 0 aliphatic carbocycles. The first-order valence-corrected chi connectivity index (χ1v) is 19.5. The predicted molar refractivity (Wildman–Crippen MR) is 235 cm³/mol. The maximum Gasteiger partial charge on any atom is 0.160 e. The lowest BCUT2D eigenvalue weighted by atomic mass is 9.91. The average molecular weight is 717 g/mol. The monoisotopic (exact) mass is 716 g/mol. The lowest BCUT2D eigenvalue weighted by Gasteiger charge is -2.15. The highest BCUT2D eigenvalue weighted by atomic mass is 32.1. The van der Waals surface area contributed by atoms with E-state index in [4.69, 9.17) is 9.97 Å². The molecule has 2 nitrogen and oxygen atoms in total. The Labute approximate surface area is 322 Å². The normalized spacial score (nSPS) is 11.6. The summed E-state index contributed by atoms with van der Waals surface area (Å²) < 4.78 is 2.61. The van der Waals surface area contributed by atoms with Gasteiger partial charge < -0.3 is 0 Å². The molecule has 2 aromatic heterocycles. The summed E-state index contributed by atoms with van der Waals surface area (Å²) in [5.41, 5.74) is 9.57. The van der Waals surface area contributed by atoms with Gasteiger partial charge in [-0.05, 0) is 103 Å². The Morgan fingerprint density at radius 1 is 0.291 bits per heavy atom. The third-order valence-electron chi connectivity index (χ3n) is 10.8. The van der Waals surface area contributed by atoms with Crippen molar-refractivity contribution in [3.63, 3.8) is 0 Å². The van der Waals surface area contributed by atoms with Crippen molar-refractivity contribution in [3.8, 4) is 56.2 Å². The van der Waals surface area contributed by atoms with Gasteiger partial charge in [0.1, 0.15) is 0 Å². The van der Waals surface area contributed by atoms with Crippen LogP contribution in [0.5, 0.6) is 0 Å². The Hall–Kier alpha value is -6.94. The lowest BCUT2D eigenvalue weighted by molar-refractivity contribution is 1.19. The smallest absolute Gasteiger partial charge is 0.160 e. The summed E-state index contributed by atoms with van der Waals surface area (Å²) in [7, 11) is 0. The number of nitrogens with zero attached hydrogens (tertiary/aromatic N) is 2. The van der Waals surface area contributed by atoms with E-state index in [9.17, 15) is 0 Å². The van der Waals surface area contributed by atoms with Crippen LogP contribution in [-0.4, -0.2) is 9.97 Å². The maximum atomic E-state index is 5.35. The minimum Gasteiger partial charge on any atom is -0.228 e. The van der Waals surface area contributed by atoms with Crippen molar-refractivity contribution in [2.75, 3.05) is 0 Å². The molecule has 0 bridgehead atoms. The van der Waals surface area contributed by atoms with Crippen molar-refractivity contribution in [1.82, 2.24) is 9.97 Å². The molecule has 256 valence electrons. The Bertz CT molecular complexity index is 3260. The van der Waals surface area contributed by atoms with Crippen molar-refractivity contribution >= 4 is 63.8 Å². The summed E-state index contributed by atoms with van der Waals surface area (Å²) in [6.07, 6.45) is 0. The first kappa shape index (κ1) is 31.6. The average Bonchev–Trinajstić information content (AvgIpc) is 3.64. The topological polar surface area (TPSA) is 25.8 Å². The van der Waals surface area contributed by atoms with Crippen LogP contribution < -0.4 is 0 Å². The Morgan fingerprint density at radius 2 is 0.927 bits per heavy atom. The summed E-state index contributed by atoms with van der Waals surface area (Å²) in [5, 5.41) is 9.84. The molecule has 0 saturated carbocycles. The molecule has 0 amide bonds. The highest BCUT2D eigenvalue weighted by Gasteiger charge is 2.17. The molecule has 0 aliphatic heterocycles. The number of aromatic nitrogens is 2. The zero-order valence-corrected chi connectivity index (χ0v) is 30.6. The van der Waals surface area contributed by atoms with Crippen molar-refractivity contribution in [2.24, 2.45) is 0 Å². The van der Waals surface area contributed by atoms with Gasteiger partial charge in [0.15, 0.2) is 5.82 Å². The van der Waals surface area contributed by atoms with E-state index in [0.29, 0.717) is 5.82 Å². The van der Waals surface area contributed by atoms with Gasteiger partial charge in [0.05, 0.1) is 11.4 Å². The van der Waals surface area contributed by atoms with Gasteiger partial charge in [-0.1, -0.05) is 146 Å². The molecular formula is C52H32N2S. The second-order valence-electron chi connectivity index (χ2n) is 14.2. The molecule has 0 N–H and O–H groups in total. The SMILES string of the molecule is c1ccc(-c2nc(-c3cc(-c4ccc5sc6ccccc6c5c4)cc(-c4cccc5ccccc45)c3)cc(-c3cc4ccccc4c4ccccc34)n2)cc1. The van der Waals surface area contributed by atoms with Crippen LogP contribution in [0.3, 0.4) is 0 Å². The van der Waals surface area contributed by atoms with Crippen LogP contribution in [0, 0.1) is 0 Å². The number of hydrogen-bond acceptors (Lipinski definition) is 3. The standard InChI is InChI=1S/C52H32N2S/c1-2-14-34(15-3-1)52-53-48(32-49(54-52)46-31-36-16-5-7-19-41(36)43-20-8-9-21-44(43)46)39-28-37(27-38(29-39)42-23-12-17-33-13-4-6-18-40(33)42)35-25-26-51-47(30-35)45-22-10-11-24-50(45)55-51/h1-32H. The van der Waals surface area contributed by atoms with E-state index in [1.54, 1.807) is 0 Å². The fourth-order valence-corrected chi connectivity index (χ4v) is 9.28. The van der Waals surface area contributed by atoms with Gasteiger partial charge in [0.25, 0.3) is 0 Å².